The molecule has 0 atom stereocenters. The Morgan fingerprint density at radius 1 is 1.33 bits per heavy atom. The number of nitrogen functional groups attached to an aromatic ring is 1. The highest BCUT2D eigenvalue weighted by Crippen LogP contribution is 2.40. The van der Waals surface area contributed by atoms with Gasteiger partial charge in [0.05, 0.1) is 13.3 Å². The monoisotopic (exact) mass is 265 g/mol. The molecule has 4 nitrogen and oxygen atoms in total. The number of hydrogen-bond donors (Lipinski definition) is 2. The fraction of sp³-hybridized carbons (Fsp3) is 0.308. The molecule has 0 aliphatic carbocycles. The van der Waals surface area contributed by atoms with E-state index in [1.165, 1.54) is 0 Å². The predicted octanol–water partition coefficient (Wildman–Crippen LogP) is 3.44. The molecule has 0 amide bonds. The largest absolute Gasteiger partial charge is 0.496 e. The molecule has 0 aliphatic heterocycles. The summed E-state index contributed by atoms with van der Waals surface area (Å²) in [7, 11) is 1.64. The van der Waals surface area contributed by atoms with Gasteiger partial charge in [0.15, 0.2) is 0 Å². The third kappa shape index (κ3) is 2.16. The first-order chi connectivity index (χ1) is 8.54. The summed E-state index contributed by atoms with van der Waals surface area (Å²) in [5, 5.41) is 7.30. The Labute approximate surface area is 111 Å². The van der Waals surface area contributed by atoms with Crippen molar-refractivity contribution in [1.29, 1.82) is 0 Å². The number of halogens is 1. The lowest BCUT2D eigenvalue weighted by molar-refractivity contribution is 0.408. The van der Waals surface area contributed by atoms with Gasteiger partial charge in [-0.3, -0.25) is 5.10 Å². The average Bonchev–Trinajstić information content (AvgIpc) is 2.73. The number of hydrogen-bond acceptors (Lipinski definition) is 3. The van der Waals surface area contributed by atoms with Gasteiger partial charge in [0.25, 0.3) is 0 Å². The number of rotatable bonds is 3. The highest BCUT2D eigenvalue weighted by Gasteiger charge is 2.18. The van der Waals surface area contributed by atoms with E-state index < -0.39 is 0 Å². The summed E-state index contributed by atoms with van der Waals surface area (Å²) in [6, 6.07) is 3.71. The van der Waals surface area contributed by atoms with Crippen molar-refractivity contribution >= 4 is 17.4 Å². The van der Waals surface area contributed by atoms with Crippen LogP contribution in [0, 0.1) is 0 Å². The van der Waals surface area contributed by atoms with Crippen molar-refractivity contribution in [3.8, 4) is 16.9 Å². The Hall–Kier alpha value is -1.68. The maximum Gasteiger partial charge on any atom is 0.126 e. The Morgan fingerprint density at radius 3 is 2.56 bits per heavy atom. The van der Waals surface area contributed by atoms with Gasteiger partial charge in [0.1, 0.15) is 11.6 Å². The summed E-state index contributed by atoms with van der Waals surface area (Å²) in [5.74, 6) is 1.59. The van der Waals surface area contributed by atoms with E-state index >= 15 is 0 Å². The average molecular weight is 266 g/mol. The minimum absolute atomic E-state index is 0.293. The second-order valence-corrected chi connectivity index (χ2v) is 4.86. The summed E-state index contributed by atoms with van der Waals surface area (Å²) in [6.45, 7) is 4.21. The molecule has 2 rings (SSSR count). The van der Waals surface area contributed by atoms with Gasteiger partial charge in [0.2, 0.25) is 0 Å². The van der Waals surface area contributed by atoms with Crippen LogP contribution in [-0.4, -0.2) is 17.3 Å². The van der Waals surface area contributed by atoms with Crippen molar-refractivity contribution in [2.24, 2.45) is 0 Å². The van der Waals surface area contributed by atoms with E-state index in [0.717, 1.165) is 22.4 Å². The molecule has 1 aromatic heterocycles. The molecule has 0 saturated carbocycles. The highest BCUT2D eigenvalue weighted by molar-refractivity contribution is 6.31. The summed E-state index contributed by atoms with van der Waals surface area (Å²) >= 11 is 6.12. The van der Waals surface area contributed by atoms with E-state index in [0.29, 0.717) is 16.8 Å². The van der Waals surface area contributed by atoms with Gasteiger partial charge in [0, 0.05) is 16.1 Å². The Balaban J connectivity index is 2.73. The van der Waals surface area contributed by atoms with Gasteiger partial charge in [-0.25, -0.2) is 0 Å². The Bertz CT molecular complexity index is 563. The lowest BCUT2D eigenvalue weighted by atomic mass is 9.92. The van der Waals surface area contributed by atoms with Gasteiger partial charge in [-0.2, -0.15) is 5.10 Å². The van der Waals surface area contributed by atoms with Crippen LogP contribution in [0.2, 0.25) is 5.02 Å². The van der Waals surface area contributed by atoms with E-state index in [9.17, 15) is 0 Å². The van der Waals surface area contributed by atoms with Crippen LogP contribution in [0.1, 0.15) is 25.3 Å². The van der Waals surface area contributed by atoms with Crippen LogP contribution in [-0.2, 0) is 0 Å². The predicted molar refractivity (Wildman–Crippen MR) is 74.1 cm³/mol. The molecule has 0 unspecified atom stereocenters. The van der Waals surface area contributed by atoms with Crippen LogP contribution in [0.25, 0.3) is 11.1 Å². The van der Waals surface area contributed by atoms with Gasteiger partial charge < -0.3 is 10.5 Å². The molecule has 1 heterocycles. The standard InChI is InChI=1S/C13H16ClN3O/c1-7(2)12-9(10-6-16-17-13(10)15)4-8(14)5-11(12)18-3/h4-7H,1-3H3,(H3,15,16,17). The molecule has 0 bridgehead atoms. The second-order valence-electron chi connectivity index (χ2n) is 4.42. The van der Waals surface area contributed by atoms with Crippen molar-refractivity contribution in [3.63, 3.8) is 0 Å². The van der Waals surface area contributed by atoms with Crippen LogP contribution >= 0.6 is 11.6 Å². The highest BCUT2D eigenvalue weighted by atomic mass is 35.5. The Morgan fingerprint density at radius 2 is 2.06 bits per heavy atom. The number of nitrogens with zero attached hydrogens (tertiary/aromatic N) is 1. The normalized spacial score (nSPS) is 10.9. The fourth-order valence-electron chi connectivity index (χ4n) is 2.09. The molecule has 0 radical (unpaired) electrons. The zero-order valence-electron chi connectivity index (χ0n) is 10.6. The summed E-state index contributed by atoms with van der Waals surface area (Å²) in [4.78, 5) is 0. The lowest BCUT2D eigenvalue weighted by Crippen LogP contribution is -1.99. The number of anilines is 1. The first-order valence-electron chi connectivity index (χ1n) is 5.71. The maximum absolute atomic E-state index is 6.12. The van der Waals surface area contributed by atoms with Crippen LogP contribution < -0.4 is 10.5 Å². The van der Waals surface area contributed by atoms with E-state index in [2.05, 4.69) is 24.0 Å². The molecule has 2 aromatic rings. The van der Waals surface area contributed by atoms with Gasteiger partial charge in [-0.15, -0.1) is 0 Å². The smallest absolute Gasteiger partial charge is 0.126 e. The molecule has 5 heteroatoms. The number of benzene rings is 1. The minimum atomic E-state index is 0.293. The third-order valence-corrected chi connectivity index (χ3v) is 3.08. The summed E-state index contributed by atoms with van der Waals surface area (Å²) < 4.78 is 5.41. The van der Waals surface area contributed by atoms with Crippen LogP contribution in [0.4, 0.5) is 5.82 Å². The van der Waals surface area contributed by atoms with E-state index in [1.807, 2.05) is 12.1 Å². The SMILES string of the molecule is COc1cc(Cl)cc(-c2cn[nH]c2N)c1C(C)C. The summed E-state index contributed by atoms with van der Waals surface area (Å²) in [6.07, 6.45) is 1.70. The van der Waals surface area contributed by atoms with Crippen LogP contribution in [0.5, 0.6) is 5.75 Å². The van der Waals surface area contributed by atoms with Crippen molar-refractivity contribution in [3.05, 3.63) is 28.9 Å². The van der Waals surface area contributed by atoms with Crippen molar-refractivity contribution in [1.82, 2.24) is 10.2 Å². The maximum atomic E-state index is 6.12. The number of ether oxygens (including phenoxy) is 1. The number of aromatic nitrogens is 2. The number of nitrogens with one attached hydrogen (secondary N) is 1. The van der Waals surface area contributed by atoms with Crippen LogP contribution in [0.3, 0.4) is 0 Å². The third-order valence-electron chi connectivity index (χ3n) is 2.86. The van der Waals surface area contributed by atoms with Gasteiger partial charge in [-0.1, -0.05) is 25.4 Å². The molecule has 0 spiro atoms. The van der Waals surface area contributed by atoms with Crippen molar-refractivity contribution < 1.29 is 4.74 Å². The molecular formula is C13H16ClN3O. The first-order valence-corrected chi connectivity index (χ1v) is 6.09. The zero-order chi connectivity index (χ0) is 13.3. The molecule has 18 heavy (non-hydrogen) atoms. The minimum Gasteiger partial charge on any atom is -0.496 e. The molecule has 1 aromatic carbocycles. The first kappa shape index (κ1) is 12.8. The molecule has 0 fully saturated rings. The Kier molecular flexibility index (Phi) is 3.48. The second kappa shape index (κ2) is 4.90. The molecule has 96 valence electrons. The molecule has 3 N–H and O–H groups in total. The number of H-pyrrole nitrogens is 1. The molecular weight excluding hydrogens is 250 g/mol. The molecule has 0 aliphatic rings. The number of methoxy groups -OCH3 is 1. The van der Waals surface area contributed by atoms with E-state index in [1.54, 1.807) is 13.3 Å². The van der Waals surface area contributed by atoms with E-state index in [-0.39, 0.29) is 0 Å². The fourth-order valence-corrected chi connectivity index (χ4v) is 2.30. The van der Waals surface area contributed by atoms with Gasteiger partial charge >= 0.3 is 0 Å². The zero-order valence-corrected chi connectivity index (χ0v) is 11.4. The van der Waals surface area contributed by atoms with Crippen molar-refractivity contribution in [2.75, 3.05) is 12.8 Å². The number of nitrogens with two attached hydrogens (primary N) is 1. The van der Waals surface area contributed by atoms with Crippen molar-refractivity contribution in [2.45, 2.75) is 19.8 Å². The number of aromatic amines is 1. The summed E-state index contributed by atoms with van der Waals surface area (Å²) in [5.41, 5.74) is 8.77. The molecule has 0 saturated heterocycles. The van der Waals surface area contributed by atoms with Crippen LogP contribution in [0.15, 0.2) is 18.3 Å². The van der Waals surface area contributed by atoms with Gasteiger partial charge in [-0.05, 0) is 23.6 Å². The topological polar surface area (TPSA) is 63.9 Å². The lowest BCUT2D eigenvalue weighted by Gasteiger charge is -2.17. The van der Waals surface area contributed by atoms with E-state index in [4.69, 9.17) is 22.1 Å². The quantitative estimate of drug-likeness (QED) is 0.893.